The van der Waals surface area contributed by atoms with Gasteiger partial charge in [-0.2, -0.15) is 0 Å². The van der Waals surface area contributed by atoms with Crippen LogP contribution in [0.1, 0.15) is 39.8 Å². The van der Waals surface area contributed by atoms with E-state index in [0.29, 0.717) is 12.4 Å². The molecule has 4 rings (SSSR count). The summed E-state index contributed by atoms with van der Waals surface area (Å²) in [5.41, 5.74) is -0.324. The Morgan fingerprint density at radius 3 is 2.90 bits per heavy atom. The minimum atomic E-state index is -0.764. The second kappa shape index (κ2) is 8.38. The van der Waals surface area contributed by atoms with E-state index in [9.17, 15) is 13.6 Å². The first-order valence-electron chi connectivity index (χ1n) is 9.44. The molecule has 1 N–H and O–H groups in total. The fourth-order valence-electron chi connectivity index (χ4n) is 3.50. The molecular weight excluding hydrogens is 396 g/mol. The number of hydrogen-bond acceptors (Lipinski definition) is 5. The minimum Gasteiger partial charge on any atom is -0.342 e. The molecule has 1 unspecified atom stereocenters. The number of fused-ring (bicyclic) bond motifs is 1. The molecule has 9 heteroatoms. The fourth-order valence-corrected chi connectivity index (χ4v) is 4.25. The maximum atomic E-state index is 13.9. The molecule has 3 aromatic rings. The Balaban J connectivity index is 1.45. The van der Waals surface area contributed by atoms with Crippen molar-refractivity contribution < 1.29 is 13.6 Å². The van der Waals surface area contributed by atoms with Crippen LogP contribution in [0, 0.1) is 11.6 Å². The van der Waals surface area contributed by atoms with Crippen LogP contribution in [0.4, 0.5) is 8.78 Å². The molecule has 1 atom stereocenters. The Hall–Kier alpha value is -2.65. The van der Waals surface area contributed by atoms with Gasteiger partial charge in [0.1, 0.15) is 17.5 Å². The molecule has 0 bridgehead atoms. The van der Waals surface area contributed by atoms with Crippen LogP contribution < -0.4 is 5.32 Å². The molecule has 1 aliphatic rings. The van der Waals surface area contributed by atoms with Crippen LogP contribution in [-0.2, 0) is 19.5 Å². The van der Waals surface area contributed by atoms with Crippen molar-refractivity contribution >= 4 is 17.2 Å². The van der Waals surface area contributed by atoms with Crippen molar-refractivity contribution in [1.29, 1.82) is 0 Å². The van der Waals surface area contributed by atoms with Crippen molar-refractivity contribution in [3.8, 4) is 0 Å². The van der Waals surface area contributed by atoms with E-state index in [-0.39, 0.29) is 5.56 Å². The predicted molar refractivity (Wildman–Crippen MR) is 106 cm³/mol. The van der Waals surface area contributed by atoms with Crippen molar-refractivity contribution in [3.05, 3.63) is 69.4 Å². The summed E-state index contributed by atoms with van der Waals surface area (Å²) in [6.45, 7) is 5.09. The second-order valence-corrected chi connectivity index (χ2v) is 8.08. The van der Waals surface area contributed by atoms with E-state index in [2.05, 4.69) is 37.9 Å². The van der Waals surface area contributed by atoms with Crippen LogP contribution in [0.15, 0.2) is 35.7 Å². The van der Waals surface area contributed by atoms with Gasteiger partial charge >= 0.3 is 0 Å². The van der Waals surface area contributed by atoms with E-state index in [0.717, 1.165) is 50.1 Å². The summed E-state index contributed by atoms with van der Waals surface area (Å²) < 4.78 is 29.3. The summed E-state index contributed by atoms with van der Waals surface area (Å²) in [5, 5.41) is 13.3. The summed E-state index contributed by atoms with van der Waals surface area (Å²) in [6, 6.07) is 6.51. The zero-order valence-corrected chi connectivity index (χ0v) is 16.8. The Morgan fingerprint density at radius 1 is 1.24 bits per heavy atom. The number of carbonyl (C=O) groups is 1. The molecule has 6 nitrogen and oxygen atoms in total. The van der Waals surface area contributed by atoms with Crippen LogP contribution >= 0.6 is 11.3 Å². The van der Waals surface area contributed by atoms with Crippen molar-refractivity contribution in [2.24, 2.45) is 0 Å². The average Bonchev–Trinajstić information content (AvgIpc) is 3.31. The number of aromatic nitrogens is 3. The van der Waals surface area contributed by atoms with E-state index < -0.39 is 23.6 Å². The Labute approximate surface area is 171 Å². The lowest BCUT2D eigenvalue weighted by atomic mass is 10.1. The summed E-state index contributed by atoms with van der Waals surface area (Å²) in [4.78, 5) is 16.1. The lowest BCUT2D eigenvalue weighted by Gasteiger charge is -2.19. The summed E-state index contributed by atoms with van der Waals surface area (Å²) in [5.74, 6) is -0.624. The van der Waals surface area contributed by atoms with Crippen molar-refractivity contribution in [2.45, 2.75) is 32.5 Å². The first-order chi connectivity index (χ1) is 14.0. The highest BCUT2D eigenvalue weighted by molar-refractivity contribution is 7.09. The highest BCUT2D eigenvalue weighted by Crippen LogP contribution is 2.19. The number of amides is 1. The fraction of sp³-hybridized carbons (Fsp3) is 0.350. The van der Waals surface area contributed by atoms with Crippen LogP contribution in [0.2, 0.25) is 0 Å². The van der Waals surface area contributed by atoms with Crippen molar-refractivity contribution in [1.82, 2.24) is 25.0 Å². The van der Waals surface area contributed by atoms with Gasteiger partial charge in [0.2, 0.25) is 0 Å². The van der Waals surface area contributed by atoms with Crippen LogP contribution in [0.25, 0.3) is 0 Å². The number of benzene rings is 1. The van der Waals surface area contributed by atoms with Gasteiger partial charge in [-0.15, -0.1) is 21.5 Å². The first kappa shape index (κ1) is 19.7. The standard InChI is InChI=1S/C20H21F2N5OS/c1-13(23-20(28)16-11-14(21)4-5-17(16)22)19-25-24-18-6-7-26(8-9-27(18)19)12-15-3-2-10-29-15/h2-5,10-11,13H,6-9,12H2,1H3,(H,23,28). The molecule has 0 saturated heterocycles. The first-order valence-corrected chi connectivity index (χ1v) is 10.3. The van der Waals surface area contributed by atoms with Crippen LogP contribution in [0.5, 0.6) is 0 Å². The second-order valence-electron chi connectivity index (χ2n) is 7.05. The van der Waals surface area contributed by atoms with Crippen LogP contribution in [0.3, 0.4) is 0 Å². The third-order valence-corrected chi connectivity index (χ3v) is 5.88. The highest BCUT2D eigenvalue weighted by atomic mass is 32.1. The van der Waals surface area contributed by atoms with E-state index in [1.165, 1.54) is 4.88 Å². The van der Waals surface area contributed by atoms with Crippen LogP contribution in [-0.4, -0.2) is 38.7 Å². The van der Waals surface area contributed by atoms with Gasteiger partial charge in [0.05, 0.1) is 11.6 Å². The molecule has 1 amide bonds. The lowest BCUT2D eigenvalue weighted by Crippen LogP contribution is -2.30. The summed E-state index contributed by atoms with van der Waals surface area (Å²) >= 11 is 1.74. The zero-order valence-electron chi connectivity index (χ0n) is 15.9. The average molecular weight is 417 g/mol. The maximum Gasteiger partial charge on any atom is 0.254 e. The predicted octanol–water partition coefficient (Wildman–Crippen LogP) is 3.17. The number of thiophene rings is 1. The number of carbonyl (C=O) groups excluding carboxylic acids is 1. The Morgan fingerprint density at radius 2 is 2.10 bits per heavy atom. The Kier molecular flexibility index (Phi) is 5.68. The molecule has 0 saturated carbocycles. The molecule has 0 aliphatic carbocycles. The SMILES string of the molecule is CC(NC(=O)c1cc(F)ccc1F)c1nnc2n1CCN(Cc1cccs1)CC2. The van der Waals surface area contributed by atoms with Gasteiger partial charge < -0.3 is 9.88 Å². The van der Waals surface area contributed by atoms with Gasteiger partial charge in [-0.25, -0.2) is 8.78 Å². The van der Waals surface area contributed by atoms with E-state index >= 15 is 0 Å². The maximum absolute atomic E-state index is 13.9. The summed E-state index contributed by atoms with van der Waals surface area (Å²) in [7, 11) is 0. The van der Waals surface area contributed by atoms with E-state index in [1.54, 1.807) is 18.3 Å². The Bertz CT molecular complexity index is 1000. The van der Waals surface area contributed by atoms with Crippen molar-refractivity contribution in [3.63, 3.8) is 0 Å². The highest BCUT2D eigenvalue weighted by Gasteiger charge is 2.24. The molecule has 1 aromatic carbocycles. The molecule has 2 aromatic heterocycles. The lowest BCUT2D eigenvalue weighted by molar-refractivity contribution is 0.0933. The third-order valence-electron chi connectivity index (χ3n) is 5.01. The van der Waals surface area contributed by atoms with Gasteiger partial charge in [0.25, 0.3) is 5.91 Å². The summed E-state index contributed by atoms with van der Waals surface area (Å²) in [6.07, 6.45) is 0.761. The number of rotatable bonds is 5. The van der Waals surface area contributed by atoms with Gasteiger partial charge in [0, 0.05) is 37.5 Å². The minimum absolute atomic E-state index is 0.324. The van der Waals surface area contributed by atoms with Gasteiger partial charge in [-0.05, 0) is 36.6 Å². The van der Waals surface area contributed by atoms with E-state index in [1.807, 2.05) is 4.57 Å². The number of nitrogens with one attached hydrogen (secondary N) is 1. The molecule has 1 aliphatic heterocycles. The molecule has 29 heavy (non-hydrogen) atoms. The normalized spacial score (nSPS) is 15.6. The monoisotopic (exact) mass is 417 g/mol. The zero-order chi connectivity index (χ0) is 20.4. The molecule has 0 fully saturated rings. The molecule has 0 spiro atoms. The number of nitrogens with zero attached hydrogens (tertiary/aromatic N) is 4. The molecule has 3 heterocycles. The quantitative estimate of drug-likeness (QED) is 0.693. The van der Waals surface area contributed by atoms with Gasteiger partial charge in [-0.3, -0.25) is 9.69 Å². The number of hydrogen-bond donors (Lipinski definition) is 1. The van der Waals surface area contributed by atoms with Gasteiger partial charge in [0.15, 0.2) is 5.82 Å². The number of halogens is 2. The molecule has 0 radical (unpaired) electrons. The molecular formula is C20H21F2N5OS. The smallest absolute Gasteiger partial charge is 0.254 e. The topological polar surface area (TPSA) is 63.1 Å². The third kappa shape index (κ3) is 4.35. The van der Waals surface area contributed by atoms with E-state index in [4.69, 9.17) is 0 Å². The largest absolute Gasteiger partial charge is 0.342 e. The molecule has 152 valence electrons. The van der Waals surface area contributed by atoms with Gasteiger partial charge in [-0.1, -0.05) is 6.07 Å². The van der Waals surface area contributed by atoms with Crippen molar-refractivity contribution in [2.75, 3.05) is 13.1 Å².